The van der Waals surface area contributed by atoms with Gasteiger partial charge in [-0.05, 0) is 40.8 Å². The smallest absolute Gasteiger partial charge is 0.266 e. The van der Waals surface area contributed by atoms with Crippen LogP contribution < -0.4 is 9.96 Å². The second kappa shape index (κ2) is 7.61. The van der Waals surface area contributed by atoms with Crippen LogP contribution in [0.15, 0.2) is 84.9 Å². The molecule has 0 unspecified atom stereocenters. The fourth-order valence-corrected chi connectivity index (χ4v) is 4.56. The number of rotatable bonds is 3. The van der Waals surface area contributed by atoms with E-state index in [0.29, 0.717) is 5.69 Å². The highest BCUT2D eigenvalue weighted by atomic mass is 16.7. The number of amides is 2. The molecule has 3 atom stereocenters. The van der Waals surface area contributed by atoms with Crippen molar-refractivity contribution in [3.8, 4) is 0 Å². The van der Waals surface area contributed by atoms with E-state index in [9.17, 15) is 9.59 Å². The van der Waals surface area contributed by atoms with Crippen molar-refractivity contribution in [2.24, 2.45) is 5.92 Å². The summed E-state index contributed by atoms with van der Waals surface area (Å²) in [5.74, 6) is -1.17. The average Bonchev–Trinajstić information content (AvgIpc) is 3.30. The van der Waals surface area contributed by atoms with Crippen LogP contribution in [0.25, 0.3) is 0 Å². The van der Waals surface area contributed by atoms with Gasteiger partial charge in [0.15, 0.2) is 6.10 Å². The Kier molecular flexibility index (Phi) is 4.86. The summed E-state index contributed by atoms with van der Waals surface area (Å²) < 4.78 is 0. The second-order valence-electron chi connectivity index (χ2n) is 9.38. The van der Waals surface area contributed by atoms with E-state index in [1.165, 1.54) is 10.5 Å². The molecule has 162 valence electrons. The maximum atomic E-state index is 13.6. The van der Waals surface area contributed by atoms with Crippen LogP contribution in [0.2, 0.25) is 0 Å². The average molecular weight is 427 g/mol. The second-order valence-corrected chi connectivity index (χ2v) is 9.38. The molecule has 3 aromatic carbocycles. The summed E-state index contributed by atoms with van der Waals surface area (Å²) in [5, 5.41) is 1.74. The summed E-state index contributed by atoms with van der Waals surface area (Å²) in [7, 11) is 0. The van der Waals surface area contributed by atoms with Crippen LogP contribution in [-0.4, -0.2) is 17.9 Å². The van der Waals surface area contributed by atoms with E-state index < -0.39 is 18.1 Å². The number of carbonyl (C=O) groups excluding carboxylic acids is 2. The normalized spacial score (nSPS) is 23.0. The van der Waals surface area contributed by atoms with Gasteiger partial charge < -0.3 is 0 Å². The van der Waals surface area contributed by atoms with Gasteiger partial charge in [0.05, 0.1) is 17.4 Å². The molecule has 0 aliphatic carbocycles. The van der Waals surface area contributed by atoms with Crippen molar-refractivity contribution in [3.05, 3.63) is 96.1 Å². The monoisotopic (exact) mass is 426 g/mol. The zero-order chi connectivity index (χ0) is 22.5. The van der Waals surface area contributed by atoms with E-state index >= 15 is 0 Å². The number of para-hydroxylation sites is 2. The number of nitrogens with zero attached hydrogens (tertiary/aromatic N) is 2. The summed E-state index contributed by atoms with van der Waals surface area (Å²) in [5.41, 5.74) is 3.58. The van der Waals surface area contributed by atoms with E-state index in [4.69, 9.17) is 4.84 Å². The molecule has 2 saturated heterocycles. The lowest BCUT2D eigenvalue weighted by Crippen LogP contribution is -2.37. The van der Waals surface area contributed by atoms with E-state index in [1.54, 1.807) is 17.2 Å². The predicted molar refractivity (Wildman–Crippen MR) is 124 cm³/mol. The molecule has 2 fully saturated rings. The SMILES string of the molecule is CC(C)(C)c1ccc([C@H]2[C@@H]3C(=O)N(c4ccccc4)C(=O)[C@H]3ON2c2ccccc2)cc1. The van der Waals surface area contributed by atoms with Crippen LogP contribution in [0.1, 0.15) is 37.9 Å². The minimum absolute atomic E-state index is 0.0234. The molecule has 0 bridgehead atoms. The molecule has 0 saturated carbocycles. The molecular weight excluding hydrogens is 400 g/mol. The Balaban J connectivity index is 1.57. The zero-order valence-electron chi connectivity index (χ0n) is 18.4. The van der Waals surface area contributed by atoms with Crippen molar-refractivity contribution in [1.29, 1.82) is 0 Å². The third kappa shape index (κ3) is 3.30. The van der Waals surface area contributed by atoms with Crippen molar-refractivity contribution in [3.63, 3.8) is 0 Å². The van der Waals surface area contributed by atoms with Crippen molar-refractivity contribution < 1.29 is 14.4 Å². The van der Waals surface area contributed by atoms with Crippen LogP contribution in [-0.2, 0) is 19.8 Å². The number of hydrogen-bond acceptors (Lipinski definition) is 4. The van der Waals surface area contributed by atoms with Crippen LogP contribution in [0.3, 0.4) is 0 Å². The molecule has 2 amide bonds. The third-order valence-electron chi connectivity index (χ3n) is 6.26. The number of imide groups is 1. The predicted octanol–water partition coefficient (Wildman–Crippen LogP) is 5.04. The number of hydrogen-bond donors (Lipinski definition) is 0. The van der Waals surface area contributed by atoms with Gasteiger partial charge in [0.1, 0.15) is 5.92 Å². The number of anilines is 2. The summed E-state index contributed by atoms with van der Waals surface area (Å²) in [4.78, 5) is 34.3. The maximum Gasteiger partial charge on any atom is 0.266 e. The maximum absolute atomic E-state index is 13.6. The molecule has 32 heavy (non-hydrogen) atoms. The Bertz CT molecular complexity index is 1140. The van der Waals surface area contributed by atoms with Gasteiger partial charge in [0.25, 0.3) is 5.91 Å². The van der Waals surface area contributed by atoms with Gasteiger partial charge in [-0.15, -0.1) is 0 Å². The van der Waals surface area contributed by atoms with Gasteiger partial charge in [-0.1, -0.05) is 81.4 Å². The largest absolute Gasteiger partial charge is 0.273 e. The molecule has 0 N–H and O–H groups in total. The summed E-state index contributed by atoms with van der Waals surface area (Å²) in [6.07, 6.45) is -0.852. The highest BCUT2D eigenvalue weighted by molar-refractivity contribution is 6.23. The first-order valence-corrected chi connectivity index (χ1v) is 10.9. The first-order valence-electron chi connectivity index (χ1n) is 10.9. The van der Waals surface area contributed by atoms with E-state index in [0.717, 1.165) is 11.3 Å². The minimum Gasteiger partial charge on any atom is -0.273 e. The molecule has 2 heterocycles. The van der Waals surface area contributed by atoms with Crippen molar-refractivity contribution >= 4 is 23.2 Å². The molecule has 0 spiro atoms. The van der Waals surface area contributed by atoms with Crippen LogP contribution in [0.4, 0.5) is 11.4 Å². The molecule has 2 aliphatic heterocycles. The van der Waals surface area contributed by atoms with Gasteiger partial charge in [0.2, 0.25) is 5.91 Å². The first-order chi connectivity index (χ1) is 15.4. The molecule has 2 aliphatic rings. The van der Waals surface area contributed by atoms with E-state index in [1.807, 2.05) is 48.5 Å². The Labute approximate surface area is 188 Å². The van der Waals surface area contributed by atoms with Crippen molar-refractivity contribution in [1.82, 2.24) is 0 Å². The highest BCUT2D eigenvalue weighted by Gasteiger charge is 2.60. The highest BCUT2D eigenvalue weighted by Crippen LogP contribution is 2.47. The molecule has 3 aromatic rings. The fraction of sp³-hybridized carbons (Fsp3) is 0.259. The van der Waals surface area contributed by atoms with Gasteiger partial charge in [-0.25, -0.2) is 9.96 Å². The number of fused-ring (bicyclic) bond motifs is 1. The number of carbonyl (C=O) groups is 2. The summed E-state index contributed by atoms with van der Waals surface area (Å²) in [6.45, 7) is 6.51. The van der Waals surface area contributed by atoms with Gasteiger partial charge in [-0.2, -0.15) is 0 Å². The Hall–Kier alpha value is -3.44. The Morgan fingerprint density at radius 3 is 1.84 bits per heavy atom. The van der Waals surface area contributed by atoms with Crippen molar-refractivity contribution in [2.75, 3.05) is 9.96 Å². The number of benzene rings is 3. The molecular formula is C27H26N2O3. The minimum atomic E-state index is -0.852. The van der Waals surface area contributed by atoms with E-state index in [2.05, 4.69) is 45.0 Å². The van der Waals surface area contributed by atoms with Crippen LogP contribution in [0, 0.1) is 5.92 Å². The Morgan fingerprint density at radius 2 is 1.28 bits per heavy atom. The summed E-state index contributed by atoms with van der Waals surface area (Å²) in [6, 6.07) is 26.6. The van der Waals surface area contributed by atoms with Crippen LogP contribution >= 0.6 is 0 Å². The quantitative estimate of drug-likeness (QED) is 0.551. The van der Waals surface area contributed by atoms with Crippen molar-refractivity contribution in [2.45, 2.75) is 38.3 Å². The standard InChI is InChI=1S/C27H26N2O3/c1-27(2,3)19-16-14-18(15-17-19)23-22-24(32-29(23)21-12-8-5-9-13-21)26(31)28(25(22)30)20-10-6-4-7-11-20/h4-17,22-24H,1-3H3/t22-,23-,24-/m0/s1. The van der Waals surface area contributed by atoms with E-state index in [-0.39, 0.29) is 17.2 Å². The lowest BCUT2D eigenvalue weighted by atomic mass is 9.84. The molecule has 0 aromatic heterocycles. The lowest BCUT2D eigenvalue weighted by molar-refractivity contribution is -0.126. The molecule has 0 radical (unpaired) electrons. The van der Waals surface area contributed by atoms with Crippen LogP contribution in [0.5, 0.6) is 0 Å². The molecule has 5 nitrogen and oxygen atoms in total. The lowest BCUT2D eigenvalue weighted by Gasteiger charge is -2.29. The first kappa shape index (κ1) is 20.5. The number of hydroxylamine groups is 1. The summed E-state index contributed by atoms with van der Waals surface area (Å²) >= 11 is 0. The van der Waals surface area contributed by atoms with Gasteiger partial charge in [-0.3, -0.25) is 14.4 Å². The Morgan fingerprint density at radius 1 is 0.719 bits per heavy atom. The third-order valence-corrected chi connectivity index (χ3v) is 6.26. The molecule has 5 heteroatoms. The zero-order valence-corrected chi connectivity index (χ0v) is 18.4. The van der Waals surface area contributed by atoms with Gasteiger partial charge >= 0.3 is 0 Å². The topological polar surface area (TPSA) is 49.9 Å². The van der Waals surface area contributed by atoms with Gasteiger partial charge in [0, 0.05) is 0 Å². The fourth-order valence-electron chi connectivity index (χ4n) is 4.56. The molecule has 5 rings (SSSR count).